The molecular weight excluding hydrogens is 722 g/mol. The number of fused-ring (bicyclic) bond motifs is 2. The van der Waals surface area contributed by atoms with Gasteiger partial charge in [0.05, 0.1) is 26.9 Å². The Bertz CT molecular complexity index is 2700. The third kappa shape index (κ3) is 7.40. The molecular formula is C34H27F3N8O5S2. The molecule has 8 N–H and O–H groups in total. The van der Waals surface area contributed by atoms with Crippen molar-refractivity contribution in [1.29, 1.82) is 0 Å². The molecule has 6 aromatic rings. The largest absolute Gasteiger partial charge is 0.573 e. The standard InChI is InChI=1S/C34H27F3N8O5S2/c1-18-14-19(10-12-25(18)42-44-27-16-30(51(40,46)47)21-6-2-4-8-23(21)32(27)38)20-11-13-26(29(15-20)50-34(35,36)37)43-45-28-17-31(52(41,48)49)22-7-3-5-9-24(22)33(28)39/h2-17H,38-39H2,1H3,(H2,40,46,47)(H2,41,48,49). The van der Waals surface area contributed by atoms with Crippen LogP contribution >= 0.6 is 0 Å². The minimum atomic E-state index is -5.10. The van der Waals surface area contributed by atoms with E-state index < -0.39 is 32.2 Å². The van der Waals surface area contributed by atoms with Gasteiger partial charge in [-0.05, 0) is 60.0 Å². The molecule has 0 bridgehead atoms. The Hall–Kier alpha value is -5.95. The van der Waals surface area contributed by atoms with Crippen molar-refractivity contribution in [3.63, 3.8) is 0 Å². The zero-order valence-electron chi connectivity index (χ0n) is 26.8. The number of primary sulfonamides is 2. The van der Waals surface area contributed by atoms with Gasteiger partial charge in [-0.2, -0.15) is 5.11 Å². The topological polar surface area (TPSA) is 231 Å². The van der Waals surface area contributed by atoms with E-state index in [9.17, 15) is 30.0 Å². The molecule has 0 spiro atoms. The zero-order chi connectivity index (χ0) is 37.6. The molecule has 0 fully saturated rings. The number of rotatable bonds is 8. The minimum absolute atomic E-state index is 0.0301. The summed E-state index contributed by atoms with van der Waals surface area (Å²) in [5.41, 5.74) is 14.0. The number of hydrogen-bond donors (Lipinski definition) is 4. The summed E-state index contributed by atoms with van der Waals surface area (Å²) in [6.45, 7) is 1.69. The van der Waals surface area contributed by atoms with Gasteiger partial charge in [0.2, 0.25) is 20.0 Å². The number of ether oxygens (including phenoxy) is 1. The van der Waals surface area contributed by atoms with E-state index in [0.29, 0.717) is 38.5 Å². The van der Waals surface area contributed by atoms with Gasteiger partial charge in [-0.3, -0.25) is 0 Å². The molecule has 0 saturated carbocycles. The van der Waals surface area contributed by atoms with Crippen LogP contribution in [0.5, 0.6) is 5.75 Å². The van der Waals surface area contributed by atoms with Gasteiger partial charge in [0.15, 0.2) is 5.75 Å². The van der Waals surface area contributed by atoms with Crippen LogP contribution in [0.3, 0.4) is 0 Å². The lowest BCUT2D eigenvalue weighted by molar-refractivity contribution is -0.274. The van der Waals surface area contributed by atoms with Gasteiger partial charge in [-0.25, -0.2) is 27.1 Å². The molecule has 0 atom stereocenters. The summed E-state index contributed by atoms with van der Waals surface area (Å²) in [4.78, 5) is -0.465. The zero-order valence-corrected chi connectivity index (χ0v) is 28.5. The Morgan fingerprint density at radius 3 is 1.40 bits per heavy atom. The van der Waals surface area contributed by atoms with Crippen molar-refractivity contribution in [3.05, 3.63) is 103 Å². The van der Waals surface area contributed by atoms with Crippen LogP contribution in [0.1, 0.15) is 5.56 Å². The molecule has 6 rings (SSSR count). The van der Waals surface area contributed by atoms with Gasteiger partial charge >= 0.3 is 6.36 Å². The summed E-state index contributed by atoms with van der Waals surface area (Å²) >= 11 is 0. The highest BCUT2D eigenvalue weighted by Crippen LogP contribution is 2.41. The molecule has 0 unspecified atom stereocenters. The second kappa shape index (κ2) is 13.3. The monoisotopic (exact) mass is 748 g/mol. The first-order valence-corrected chi connectivity index (χ1v) is 18.0. The van der Waals surface area contributed by atoms with Crippen LogP contribution in [0, 0.1) is 6.92 Å². The predicted octanol–water partition coefficient (Wildman–Crippen LogP) is 8.16. The number of nitrogens with two attached hydrogens (primary N) is 4. The molecule has 0 aliphatic carbocycles. The van der Waals surface area contributed by atoms with Crippen molar-refractivity contribution in [2.24, 2.45) is 30.7 Å². The molecule has 0 heterocycles. The summed E-state index contributed by atoms with van der Waals surface area (Å²) < 4.78 is 94.0. The third-order valence-electron chi connectivity index (χ3n) is 7.91. The van der Waals surface area contributed by atoms with Gasteiger partial charge < -0.3 is 16.2 Å². The van der Waals surface area contributed by atoms with E-state index in [-0.39, 0.29) is 43.6 Å². The molecule has 0 aliphatic rings. The van der Waals surface area contributed by atoms with Crippen LogP contribution in [0.4, 0.5) is 47.3 Å². The van der Waals surface area contributed by atoms with Gasteiger partial charge in [0.25, 0.3) is 0 Å². The normalized spacial score (nSPS) is 12.7. The average molecular weight is 749 g/mol. The summed E-state index contributed by atoms with van der Waals surface area (Å²) in [6, 6.07) is 23.7. The van der Waals surface area contributed by atoms with Crippen molar-refractivity contribution >= 4 is 75.7 Å². The number of hydrogen-bond acceptors (Lipinski definition) is 11. The van der Waals surface area contributed by atoms with Crippen molar-refractivity contribution < 1.29 is 34.7 Å². The first-order valence-electron chi connectivity index (χ1n) is 14.9. The lowest BCUT2D eigenvalue weighted by Gasteiger charge is -2.13. The van der Waals surface area contributed by atoms with Crippen molar-refractivity contribution in [3.8, 4) is 16.9 Å². The molecule has 18 heteroatoms. The van der Waals surface area contributed by atoms with Crippen molar-refractivity contribution in [1.82, 2.24) is 0 Å². The number of anilines is 2. The SMILES string of the molecule is Cc1cc(-c2ccc(N=Nc3cc(S(N)(=O)=O)c4ccccc4c3N)c(OC(F)(F)F)c2)ccc1N=Nc1cc(S(N)(=O)=O)c2ccccc2c1N. The Morgan fingerprint density at radius 1 is 0.558 bits per heavy atom. The van der Waals surface area contributed by atoms with E-state index >= 15 is 0 Å². The van der Waals surface area contributed by atoms with Crippen LogP contribution in [0.25, 0.3) is 32.7 Å². The summed E-state index contributed by atoms with van der Waals surface area (Å²) in [5.74, 6) is -0.696. The number of nitrogens with zero attached hydrogens (tertiary/aromatic N) is 4. The maximum Gasteiger partial charge on any atom is 0.573 e. The van der Waals surface area contributed by atoms with E-state index in [0.717, 1.165) is 12.1 Å². The van der Waals surface area contributed by atoms with Crippen LogP contribution in [-0.2, 0) is 20.0 Å². The Morgan fingerprint density at radius 2 is 0.962 bits per heavy atom. The second-order valence-electron chi connectivity index (χ2n) is 11.4. The Labute approximate surface area is 294 Å². The minimum Gasteiger partial charge on any atom is -0.403 e. The highest BCUT2D eigenvalue weighted by atomic mass is 32.2. The number of azo groups is 2. The summed E-state index contributed by atoms with van der Waals surface area (Å²) in [7, 11) is -8.37. The van der Waals surface area contributed by atoms with Crippen molar-refractivity contribution in [2.75, 3.05) is 11.5 Å². The maximum absolute atomic E-state index is 13.5. The fourth-order valence-corrected chi connectivity index (χ4v) is 7.00. The van der Waals surface area contributed by atoms with Crippen LogP contribution in [0.2, 0.25) is 0 Å². The van der Waals surface area contributed by atoms with Gasteiger partial charge in [0.1, 0.15) is 17.1 Å². The maximum atomic E-state index is 13.5. The van der Waals surface area contributed by atoms with E-state index in [1.165, 1.54) is 24.3 Å². The number of alkyl halides is 3. The lowest BCUT2D eigenvalue weighted by atomic mass is 10.0. The molecule has 6 aromatic carbocycles. The third-order valence-corrected chi connectivity index (χ3v) is 9.81. The van der Waals surface area contributed by atoms with Gasteiger partial charge in [-0.1, -0.05) is 60.7 Å². The first kappa shape index (κ1) is 35.9. The average Bonchev–Trinajstić information content (AvgIpc) is 3.07. The summed E-state index contributed by atoms with van der Waals surface area (Å²) in [5, 5.41) is 28.4. The second-order valence-corrected chi connectivity index (χ2v) is 14.5. The van der Waals surface area contributed by atoms with Crippen LogP contribution in [0.15, 0.2) is 127 Å². The quantitative estimate of drug-likeness (QED) is 0.0880. The molecule has 0 aromatic heterocycles. The van der Waals surface area contributed by atoms with Gasteiger partial charge in [-0.15, -0.1) is 28.5 Å². The Balaban J connectivity index is 1.35. The molecule has 0 aliphatic heterocycles. The van der Waals surface area contributed by atoms with Gasteiger partial charge in [0, 0.05) is 21.5 Å². The highest BCUT2D eigenvalue weighted by molar-refractivity contribution is 7.89. The smallest absolute Gasteiger partial charge is 0.403 e. The molecule has 0 saturated heterocycles. The lowest BCUT2D eigenvalue weighted by Crippen LogP contribution is -2.17. The fraction of sp³-hybridized carbons (Fsp3) is 0.0588. The van der Waals surface area contributed by atoms with E-state index in [4.69, 9.17) is 21.7 Å². The predicted molar refractivity (Wildman–Crippen MR) is 191 cm³/mol. The molecule has 52 heavy (non-hydrogen) atoms. The molecule has 0 radical (unpaired) electrons. The number of benzene rings is 6. The molecule has 13 nitrogen and oxygen atoms in total. The number of sulfonamides is 2. The molecule has 0 amide bonds. The van der Waals surface area contributed by atoms with Crippen LogP contribution < -0.4 is 26.5 Å². The fourth-order valence-electron chi connectivity index (χ4n) is 5.48. The number of halogens is 3. The van der Waals surface area contributed by atoms with E-state index in [1.807, 2.05) is 0 Å². The Kier molecular flexibility index (Phi) is 9.18. The number of aryl methyl sites for hydroxylation is 1. The van der Waals surface area contributed by atoms with E-state index in [2.05, 4.69) is 25.2 Å². The first-order chi connectivity index (χ1) is 24.4. The highest BCUT2D eigenvalue weighted by Gasteiger charge is 2.32. The molecule has 266 valence electrons. The van der Waals surface area contributed by atoms with Crippen LogP contribution in [-0.4, -0.2) is 23.2 Å². The van der Waals surface area contributed by atoms with E-state index in [1.54, 1.807) is 67.6 Å². The summed E-state index contributed by atoms with van der Waals surface area (Å²) in [6.07, 6.45) is -5.10. The number of nitrogen functional groups attached to an aromatic ring is 2. The van der Waals surface area contributed by atoms with Crippen molar-refractivity contribution in [2.45, 2.75) is 23.1 Å².